The molecule has 0 saturated heterocycles. The van der Waals surface area contributed by atoms with Crippen LogP contribution in [0.25, 0.3) is 33.8 Å². The second-order valence-corrected chi connectivity index (χ2v) is 19.9. The van der Waals surface area contributed by atoms with Crippen molar-refractivity contribution >= 4 is 83.8 Å². The Balaban J connectivity index is 0.862. The predicted molar refractivity (Wildman–Crippen MR) is 225 cm³/mol. The van der Waals surface area contributed by atoms with Gasteiger partial charge in [-0.2, -0.15) is 15.3 Å². The average Bonchev–Trinajstić information content (AvgIpc) is 4.04. The Morgan fingerprint density at radius 3 is 1.75 bits per heavy atom. The van der Waals surface area contributed by atoms with Gasteiger partial charge in [0.2, 0.25) is 0 Å². The molecule has 9 rings (SSSR count). The number of rotatable bonds is 9. The SMILES string of the molecule is COC(=O)c1cc2c(s1)CCC(CC(C)OC(=O)c1cc3c(s1)CCC(CC(C)OC(=O)c1cc4c(s1)CCCn1nccc1-4)n1ncc(Br)c1-3)n1ncc(Br)c1-2. The van der Waals surface area contributed by atoms with Crippen molar-refractivity contribution in [1.82, 2.24) is 29.3 Å². The molecule has 57 heavy (non-hydrogen) atoms. The molecule has 12 nitrogen and oxygen atoms in total. The summed E-state index contributed by atoms with van der Waals surface area (Å²) in [5.41, 5.74) is 5.88. The van der Waals surface area contributed by atoms with Gasteiger partial charge in [-0.3, -0.25) is 14.0 Å². The van der Waals surface area contributed by atoms with E-state index < -0.39 is 0 Å². The summed E-state index contributed by atoms with van der Waals surface area (Å²) in [5.74, 6) is -1.01. The van der Waals surface area contributed by atoms with Crippen LogP contribution >= 0.6 is 65.9 Å². The third kappa shape index (κ3) is 7.27. The second kappa shape index (κ2) is 15.7. The van der Waals surface area contributed by atoms with Crippen LogP contribution in [-0.4, -0.2) is 66.6 Å². The maximum atomic E-state index is 13.7. The van der Waals surface area contributed by atoms with Gasteiger partial charge in [0.1, 0.15) is 26.8 Å². The van der Waals surface area contributed by atoms with Gasteiger partial charge in [0.05, 0.1) is 57.6 Å². The number of ether oxygens (including phenoxy) is 3. The average molecular weight is 955 g/mol. The fraction of sp³-hybridized carbons (Fsp3) is 0.400. The van der Waals surface area contributed by atoms with Crippen LogP contribution in [0.2, 0.25) is 0 Å². The minimum Gasteiger partial charge on any atom is -0.465 e. The van der Waals surface area contributed by atoms with Crippen LogP contribution in [-0.2, 0) is 40.0 Å². The molecule has 0 fully saturated rings. The fourth-order valence-electron chi connectivity index (χ4n) is 8.35. The monoisotopic (exact) mass is 952 g/mol. The normalized spacial score (nSPS) is 18.0. The number of thiophene rings is 3. The first kappa shape index (κ1) is 38.6. The molecule has 0 N–H and O–H groups in total. The number of fused-ring (bicyclic) bond motifs is 9. The maximum Gasteiger partial charge on any atom is 0.348 e. The number of nitrogens with zero attached hydrogens (tertiary/aromatic N) is 6. The quantitative estimate of drug-likeness (QED) is 0.103. The molecular weight excluding hydrogens is 916 g/mol. The Bertz CT molecular complexity index is 2530. The lowest BCUT2D eigenvalue weighted by Gasteiger charge is -2.22. The van der Waals surface area contributed by atoms with Crippen molar-refractivity contribution in [2.45, 2.75) is 96.1 Å². The van der Waals surface area contributed by atoms with Gasteiger partial charge < -0.3 is 14.2 Å². The smallest absolute Gasteiger partial charge is 0.348 e. The zero-order chi connectivity index (χ0) is 39.5. The standard InChI is InChI=1S/C40H38Br2N6O6S3/c1-20(53-39(50)34-15-24-29-10-11-43-46(29)12-4-5-30(24)55-34)13-23-7-9-32-26(37-28(42)19-45-48(23)37)17-35(57-32)40(51)54-21(2)14-22-6-8-31-25(16-33(56-31)38(49)52-3)36-27(41)18-44-47(22)36/h10-11,15-23H,4-9,12-14H2,1-3H3. The van der Waals surface area contributed by atoms with Crippen molar-refractivity contribution in [3.8, 4) is 33.8 Å². The molecule has 6 aromatic rings. The van der Waals surface area contributed by atoms with Gasteiger partial charge in [-0.1, -0.05) is 0 Å². The summed E-state index contributed by atoms with van der Waals surface area (Å²) in [5, 5.41) is 13.9. The zero-order valence-corrected chi connectivity index (χ0v) is 36.9. The number of carbonyl (C=O) groups excluding carboxylic acids is 3. The molecule has 0 spiro atoms. The molecule has 3 aliphatic heterocycles. The van der Waals surface area contributed by atoms with Crippen LogP contribution < -0.4 is 0 Å². The largest absolute Gasteiger partial charge is 0.465 e. The summed E-state index contributed by atoms with van der Waals surface area (Å²) in [6.07, 6.45) is 10.8. The highest BCUT2D eigenvalue weighted by Gasteiger charge is 2.33. The molecule has 4 unspecified atom stereocenters. The van der Waals surface area contributed by atoms with Crippen LogP contribution in [0, 0.1) is 0 Å². The highest BCUT2D eigenvalue weighted by atomic mass is 79.9. The Hall–Kier alpha value is -3.90. The van der Waals surface area contributed by atoms with Crippen molar-refractivity contribution in [3.63, 3.8) is 0 Å². The van der Waals surface area contributed by atoms with E-state index in [2.05, 4.69) is 37.0 Å². The summed E-state index contributed by atoms with van der Waals surface area (Å²) >= 11 is 11.8. The number of carbonyl (C=O) groups is 3. The third-order valence-electron chi connectivity index (χ3n) is 10.9. The number of aryl methyl sites for hydroxylation is 4. The molecule has 3 aliphatic rings. The molecule has 0 saturated carbocycles. The van der Waals surface area contributed by atoms with E-state index in [9.17, 15) is 14.4 Å². The number of hydrogen-bond donors (Lipinski definition) is 0. The Kier molecular flexibility index (Phi) is 10.6. The Morgan fingerprint density at radius 2 is 1.23 bits per heavy atom. The number of hydrogen-bond acceptors (Lipinski definition) is 12. The number of aromatic nitrogens is 6. The second-order valence-electron chi connectivity index (χ2n) is 14.7. The van der Waals surface area contributed by atoms with Crippen molar-refractivity contribution in [2.75, 3.05) is 7.11 Å². The van der Waals surface area contributed by atoms with E-state index in [0.717, 1.165) is 97.5 Å². The lowest BCUT2D eigenvalue weighted by atomic mass is 10.0. The summed E-state index contributed by atoms with van der Waals surface area (Å²) in [6.45, 7) is 4.75. The van der Waals surface area contributed by atoms with Crippen molar-refractivity contribution in [2.24, 2.45) is 0 Å². The fourth-order valence-corrected chi connectivity index (χ4v) is 12.6. The minimum atomic E-state index is -0.375. The van der Waals surface area contributed by atoms with E-state index in [4.69, 9.17) is 24.4 Å². The first-order chi connectivity index (χ1) is 27.6. The molecule has 0 aliphatic carbocycles. The third-order valence-corrected chi connectivity index (χ3v) is 15.6. The summed E-state index contributed by atoms with van der Waals surface area (Å²) in [7, 11) is 1.39. The lowest BCUT2D eigenvalue weighted by Crippen LogP contribution is -2.22. The van der Waals surface area contributed by atoms with Gasteiger partial charge in [0, 0.05) is 56.9 Å². The Morgan fingerprint density at radius 1 is 0.737 bits per heavy atom. The predicted octanol–water partition coefficient (Wildman–Crippen LogP) is 9.97. The van der Waals surface area contributed by atoms with E-state index in [1.54, 1.807) is 12.4 Å². The lowest BCUT2D eigenvalue weighted by molar-refractivity contribution is 0.0283. The highest BCUT2D eigenvalue weighted by molar-refractivity contribution is 9.11. The topological polar surface area (TPSA) is 132 Å². The van der Waals surface area contributed by atoms with Crippen LogP contribution in [0.15, 0.2) is 51.8 Å². The van der Waals surface area contributed by atoms with E-state index >= 15 is 0 Å². The van der Waals surface area contributed by atoms with Crippen LogP contribution in [0.5, 0.6) is 0 Å². The molecule has 0 radical (unpaired) electrons. The van der Waals surface area contributed by atoms with Crippen LogP contribution in [0.4, 0.5) is 0 Å². The molecule has 9 heterocycles. The first-order valence-corrected chi connectivity index (χ1v) is 23.0. The summed E-state index contributed by atoms with van der Waals surface area (Å²) in [6, 6.07) is 7.75. The van der Waals surface area contributed by atoms with Gasteiger partial charge >= 0.3 is 17.9 Å². The summed E-state index contributed by atoms with van der Waals surface area (Å²) < 4.78 is 24.8. The molecule has 0 aromatic carbocycles. The first-order valence-electron chi connectivity index (χ1n) is 18.9. The van der Waals surface area contributed by atoms with Gasteiger partial charge in [-0.15, -0.1) is 34.0 Å². The molecule has 0 bridgehead atoms. The van der Waals surface area contributed by atoms with E-state index in [0.29, 0.717) is 27.5 Å². The van der Waals surface area contributed by atoms with Gasteiger partial charge in [-0.25, -0.2) is 14.4 Å². The molecule has 17 heteroatoms. The van der Waals surface area contributed by atoms with Crippen molar-refractivity contribution < 1.29 is 28.6 Å². The van der Waals surface area contributed by atoms with Crippen LogP contribution in [0.3, 0.4) is 0 Å². The summed E-state index contributed by atoms with van der Waals surface area (Å²) in [4.78, 5) is 44.5. The maximum absolute atomic E-state index is 13.7. The Labute approximate surface area is 357 Å². The highest BCUT2D eigenvalue weighted by Crippen LogP contribution is 2.45. The molecule has 296 valence electrons. The zero-order valence-electron chi connectivity index (χ0n) is 31.3. The van der Waals surface area contributed by atoms with E-state index in [1.165, 1.54) is 46.0 Å². The van der Waals surface area contributed by atoms with Gasteiger partial charge in [0.15, 0.2) is 0 Å². The molecule has 0 amide bonds. The van der Waals surface area contributed by atoms with E-state index in [-0.39, 0.29) is 42.2 Å². The van der Waals surface area contributed by atoms with Crippen molar-refractivity contribution in [1.29, 1.82) is 0 Å². The minimum absolute atomic E-state index is 0.00917. The van der Waals surface area contributed by atoms with Crippen molar-refractivity contribution in [3.05, 3.63) is 81.1 Å². The number of esters is 3. The molecule has 6 aromatic heterocycles. The van der Waals surface area contributed by atoms with Gasteiger partial charge in [0.25, 0.3) is 0 Å². The number of halogens is 2. The van der Waals surface area contributed by atoms with Gasteiger partial charge in [-0.05, 0) is 108 Å². The number of methoxy groups -OCH3 is 1. The van der Waals surface area contributed by atoms with Crippen LogP contribution in [0.1, 0.15) is 102 Å². The molecular formula is C40H38Br2N6O6S3. The van der Waals surface area contributed by atoms with E-state index in [1.807, 2.05) is 58.4 Å². The molecule has 4 atom stereocenters.